The highest BCUT2D eigenvalue weighted by molar-refractivity contribution is 6.35. The molecule has 30 heavy (non-hydrogen) atoms. The van der Waals surface area contributed by atoms with Gasteiger partial charge in [-0.25, -0.2) is 0 Å². The summed E-state index contributed by atoms with van der Waals surface area (Å²) >= 11 is 12.7. The highest BCUT2D eigenvalue weighted by Gasteiger charge is 2.50. The van der Waals surface area contributed by atoms with Gasteiger partial charge in [-0.1, -0.05) is 41.4 Å². The number of halogens is 2. The minimum atomic E-state index is 0.307. The first-order chi connectivity index (χ1) is 14.5. The average molecular weight is 446 g/mol. The maximum Gasteiger partial charge on any atom is 0.166 e. The zero-order chi connectivity index (χ0) is 20.7. The lowest BCUT2D eigenvalue weighted by Gasteiger charge is -2.57. The van der Waals surface area contributed by atoms with E-state index in [1.165, 1.54) is 38.5 Å². The van der Waals surface area contributed by atoms with Gasteiger partial charge in [0.25, 0.3) is 0 Å². The summed E-state index contributed by atoms with van der Waals surface area (Å²) in [7, 11) is 1.68. The number of para-hydroxylation sites is 1. The molecule has 0 amide bonds. The van der Waals surface area contributed by atoms with Crippen molar-refractivity contribution in [3.63, 3.8) is 0 Å². The lowest BCUT2D eigenvalue weighted by molar-refractivity contribution is -0.0206. The lowest BCUT2D eigenvalue weighted by atomic mass is 9.53. The van der Waals surface area contributed by atoms with Crippen LogP contribution in [0.4, 0.5) is 0 Å². The Balaban J connectivity index is 1.34. The molecule has 5 heteroatoms. The van der Waals surface area contributed by atoms with Gasteiger partial charge in [-0.05, 0) is 74.5 Å². The molecule has 1 N–H and O–H groups in total. The molecule has 2 aromatic rings. The monoisotopic (exact) mass is 445 g/mol. The van der Waals surface area contributed by atoms with Crippen molar-refractivity contribution in [1.29, 1.82) is 0 Å². The second kappa shape index (κ2) is 8.26. The maximum atomic E-state index is 6.34. The number of ether oxygens (including phenoxy) is 2. The predicted molar refractivity (Wildman–Crippen MR) is 122 cm³/mol. The van der Waals surface area contributed by atoms with Gasteiger partial charge in [0, 0.05) is 33.3 Å². The van der Waals surface area contributed by atoms with E-state index in [4.69, 9.17) is 32.7 Å². The summed E-state index contributed by atoms with van der Waals surface area (Å²) in [6.07, 6.45) is 8.34. The molecule has 0 aromatic heterocycles. The molecule has 4 aliphatic rings. The molecule has 0 unspecified atom stereocenters. The van der Waals surface area contributed by atoms with Crippen molar-refractivity contribution in [2.24, 2.45) is 17.8 Å². The van der Waals surface area contributed by atoms with Crippen molar-refractivity contribution in [3.8, 4) is 11.5 Å². The fourth-order valence-electron chi connectivity index (χ4n) is 6.45. The van der Waals surface area contributed by atoms with Crippen molar-refractivity contribution in [1.82, 2.24) is 5.32 Å². The Morgan fingerprint density at radius 2 is 1.53 bits per heavy atom. The summed E-state index contributed by atoms with van der Waals surface area (Å²) in [6.45, 7) is 1.10. The summed E-state index contributed by atoms with van der Waals surface area (Å²) in [6, 6.07) is 11.6. The van der Waals surface area contributed by atoms with Gasteiger partial charge in [0.15, 0.2) is 11.5 Å². The van der Waals surface area contributed by atoms with Crippen molar-refractivity contribution < 1.29 is 9.47 Å². The Bertz CT molecular complexity index is 874. The standard InChI is InChI=1S/C25H29Cl2NO2/c1-29-23-7-2-4-19(24(23)30-15-20-21(26)5-3-6-22(20)27)14-28-25-11-16-8-17(12-25)10-18(9-16)13-25/h2-7,16-18,28H,8-15H2,1H3. The van der Waals surface area contributed by atoms with E-state index in [1.54, 1.807) is 7.11 Å². The van der Waals surface area contributed by atoms with Gasteiger partial charge in [-0.2, -0.15) is 0 Å². The maximum absolute atomic E-state index is 6.34. The number of hydrogen-bond acceptors (Lipinski definition) is 3. The molecule has 3 nitrogen and oxygen atoms in total. The summed E-state index contributed by atoms with van der Waals surface area (Å²) in [4.78, 5) is 0. The Morgan fingerprint density at radius 3 is 2.13 bits per heavy atom. The van der Waals surface area contributed by atoms with Crippen LogP contribution in [0, 0.1) is 17.8 Å². The largest absolute Gasteiger partial charge is 0.493 e. The van der Waals surface area contributed by atoms with Crippen LogP contribution in [-0.4, -0.2) is 12.6 Å². The smallest absolute Gasteiger partial charge is 0.166 e. The number of methoxy groups -OCH3 is 1. The number of benzene rings is 2. The molecule has 4 fully saturated rings. The van der Waals surface area contributed by atoms with Crippen LogP contribution in [0.5, 0.6) is 11.5 Å². The Morgan fingerprint density at radius 1 is 0.933 bits per heavy atom. The number of nitrogens with one attached hydrogen (secondary N) is 1. The predicted octanol–water partition coefficient (Wildman–Crippen LogP) is 6.64. The van der Waals surface area contributed by atoms with Gasteiger partial charge in [0.1, 0.15) is 6.61 Å². The number of hydrogen-bond donors (Lipinski definition) is 1. The summed E-state index contributed by atoms with van der Waals surface area (Å²) in [5, 5.41) is 5.20. The molecular formula is C25H29Cl2NO2. The summed E-state index contributed by atoms with van der Waals surface area (Å²) < 4.78 is 11.9. The first-order valence-corrected chi connectivity index (χ1v) is 11.8. The van der Waals surface area contributed by atoms with E-state index in [-0.39, 0.29) is 0 Å². The van der Waals surface area contributed by atoms with Crippen LogP contribution in [0.1, 0.15) is 49.7 Å². The average Bonchev–Trinajstić information content (AvgIpc) is 2.71. The van der Waals surface area contributed by atoms with Crippen LogP contribution in [0.15, 0.2) is 36.4 Å². The Kier molecular flexibility index (Phi) is 5.64. The third kappa shape index (κ3) is 3.92. The van der Waals surface area contributed by atoms with Crippen molar-refractivity contribution >= 4 is 23.2 Å². The van der Waals surface area contributed by atoms with Crippen LogP contribution in [0.3, 0.4) is 0 Å². The molecule has 4 saturated carbocycles. The Hall–Kier alpha value is -1.42. The van der Waals surface area contributed by atoms with Crippen molar-refractivity contribution in [2.75, 3.05) is 7.11 Å². The van der Waals surface area contributed by atoms with Gasteiger partial charge in [0.2, 0.25) is 0 Å². The van der Waals surface area contributed by atoms with Gasteiger partial charge < -0.3 is 14.8 Å². The normalized spacial score (nSPS) is 29.2. The van der Waals surface area contributed by atoms with E-state index in [0.717, 1.165) is 46.9 Å². The lowest BCUT2D eigenvalue weighted by Crippen LogP contribution is -2.58. The molecule has 4 aliphatic carbocycles. The SMILES string of the molecule is COc1cccc(CNC23CC4CC(CC(C4)C2)C3)c1OCc1c(Cl)cccc1Cl. The highest BCUT2D eigenvalue weighted by Crippen LogP contribution is 2.55. The van der Waals surface area contributed by atoms with E-state index in [9.17, 15) is 0 Å². The fourth-order valence-corrected chi connectivity index (χ4v) is 6.96. The molecule has 6 rings (SSSR count). The van der Waals surface area contributed by atoms with E-state index < -0.39 is 0 Å². The van der Waals surface area contributed by atoms with Crippen LogP contribution >= 0.6 is 23.2 Å². The molecule has 0 aliphatic heterocycles. The minimum absolute atomic E-state index is 0.307. The highest BCUT2D eigenvalue weighted by atomic mass is 35.5. The fraction of sp³-hybridized carbons (Fsp3) is 0.520. The van der Waals surface area contributed by atoms with Crippen molar-refractivity contribution in [3.05, 3.63) is 57.6 Å². The number of rotatable bonds is 7. The molecule has 0 heterocycles. The van der Waals surface area contributed by atoms with Crippen LogP contribution < -0.4 is 14.8 Å². The molecular weight excluding hydrogens is 417 g/mol. The van der Waals surface area contributed by atoms with Crippen molar-refractivity contribution in [2.45, 2.75) is 57.2 Å². The van der Waals surface area contributed by atoms with Gasteiger partial charge in [-0.3, -0.25) is 0 Å². The van der Waals surface area contributed by atoms with Gasteiger partial charge in [0.05, 0.1) is 7.11 Å². The first-order valence-electron chi connectivity index (χ1n) is 11.0. The second-order valence-electron chi connectivity index (χ2n) is 9.49. The molecule has 160 valence electrons. The van der Waals surface area contributed by atoms with E-state index in [0.29, 0.717) is 22.2 Å². The topological polar surface area (TPSA) is 30.5 Å². The summed E-state index contributed by atoms with van der Waals surface area (Å²) in [5.74, 6) is 4.28. The zero-order valence-corrected chi connectivity index (χ0v) is 18.9. The van der Waals surface area contributed by atoms with E-state index in [2.05, 4.69) is 11.4 Å². The van der Waals surface area contributed by atoms with E-state index in [1.807, 2.05) is 30.3 Å². The van der Waals surface area contributed by atoms with Crippen LogP contribution in [-0.2, 0) is 13.2 Å². The molecule has 4 bridgehead atoms. The minimum Gasteiger partial charge on any atom is -0.493 e. The molecule has 0 saturated heterocycles. The molecule has 0 radical (unpaired) electrons. The molecule has 2 aromatic carbocycles. The van der Waals surface area contributed by atoms with Gasteiger partial charge >= 0.3 is 0 Å². The van der Waals surface area contributed by atoms with E-state index >= 15 is 0 Å². The Labute approximate surface area is 189 Å². The molecule has 0 spiro atoms. The van der Waals surface area contributed by atoms with Crippen LogP contribution in [0.2, 0.25) is 10.0 Å². The molecule has 0 atom stereocenters. The van der Waals surface area contributed by atoms with Gasteiger partial charge in [-0.15, -0.1) is 0 Å². The summed E-state index contributed by atoms with van der Waals surface area (Å²) in [5.41, 5.74) is 2.22. The third-order valence-corrected chi connectivity index (χ3v) is 8.10. The first kappa shape index (κ1) is 20.5. The quantitative estimate of drug-likeness (QED) is 0.517. The zero-order valence-electron chi connectivity index (χ0n) is 17.4. The van der Waals surface area contributed by atoms with Crippen LogP contribution in [0.25, 0.3) is 0 Å². The third-order valence-electron chi connectivity index (χ3n) is 7.39. The second-order valence-corrected chi connectivity index (χ2v) is 10.3.